The molecule has 0 spiro atoms. The lowest BCUT2D eigenvalue weighted by molar-refractivity contribution is 0.458. The second kappa shape index (κ2) is 5.71. The lowest BCUT2D eigenvalue weighted by Crippen LogP contribution is -1.92. The quantitative estimate of drug-likeness (QED) is 0.731. The molecular formula is C12H8BrCl2NO. The summed E-state index contributed by atoms with van der Waals surface area (Å²) in [5.74, 6) is 1.12. The third-order valence-electron chi connectivity index (χ3n) is 2.04. The first-order chi connectivity index (χ1) is 8.19. The minimum atomic E-state index is 0.531. The van der Waals surface area contributed by atoms with Crippen molar-refractivity contribution in [1.29, 1.82) is 0 Å². The largest absolute Gasteiger partial charge is 0.439 e. The van der Waals surface area contributed by atoms with E-state index in [-0.39, 0.29) is 0 Å². The standard InChI is InChI=1S/C12H8BrCl2NO/c13-7-8-2-1-3-16-12(8)17-11-5-9(14)4-10(15)6-11/h1-6H,7H2. The normalized spacial score (nSPS) is 10.3. The van der Waals surface area contributed by atoms with Crippen LogP contribution in [0.15, 0.2) is 36.5 Å². The molecule has 2 rings (SSSR count). The van der Waals surface area contributed by atoms with Gasteiger partial charge in [0.2, 0.25) is 5.88 Å². The predicted octanol–water partition coefficient (Wildman–Crippen LogP) is 5.08. The van der Waals surface area contributed by atoms with Gasteiger partial charge in [-0.15, -0.1) is 0 Å². The van der Waals surface area contributed by atoms with E-state index >= 15 is 0 Å². The van der Waals surface area contributed by atoms with E-state index < -0.39 is 0 Å². The van der Waals surface area contributed by atoms with Crippen molar-refractivity contribution in [2.45, 2.75) is 5.33 Å². The Morgan fingerprint density at radius 1 is 1.18 bits per heavy atom. The van der Waals surface area contributed by atoms with E-state index in [1.54, 1.807) is 24.4 Å². The number of benzene rings is 1. The molecule has 0 N–H and O–H groups in total. The number of aromatic nitrogens is 1. The molecule has 1 aromatic heterocycles. The summed E-state index contributed by atoms with van der Waals surface area (Å²) in [6.45, 7) is 0. The molecule has 0 saturated heterocycles. The van der Waals surface area contributed by atoms with Crippen LogP contribution in [0.3, 0.4) is 0 Å². The Kier molecular flexibility index (Phi) is 4.26. The van der Waals surface area contributed by atoms with Crippen LogP contribution in [0.25, 0.3) is 0 Å². The fourth-order valence-corrected chi connectivity index (χ4v) is 2.25. The number of nitrogens with zero attached hydrogens (tertiary/aromatic N) is 1. The van der Waals surface area contributed by atoms with Crippen molar-refractivity contribution in [3.05, 3.63) is 52.1 Å². The van der Waals surface area contributed by atoms with Gasteiger partial charge in [0, 0.05) is 27.1 Å². The van der Waals surface area contributed by atoms with Crippen molar-refractivity contribution < 1.29 is 4.74 Å². The molecule has 0 atom stereocenters. The number of rotatable bonds is 3. The number of alkyl halides is 1. The highest BCUT2D eigenvalue weighted by Gasteiger charge is 2.06. The van der Waals surface area contributed by atoms with E-state index in [1.165, 1.54) is 0 Å². The van der Waals surface area contributed by atoms with Crippen LogP contribution in [-0.2, 0) is 5.33 Å². The van der Waals surface area contributed by atoms with Crippen molar-refractivity contribution in [2.75, 3.05) is 0 Å². The lowest BCUT2D eigenvalue weighted by Gasteiger charge is -2.08. The molecule has 0 fully saturated rings. The fourth-order valence-electron chi connectivity index (χ4n) is 1.32. The van der Waals surface area contributed by atoms with Gasteiger partial charge in [-0.25, -0.2) is 4.98 Å². The highest BCUT2D eigenvalue weighted by Crippen LogP contribution is 2.29. The van der Waals surface area contributed by atoms with E-state index in [4.69, 9.17) is 27.9 Å². The Hall–Kier alpha value is -0.770. The summed E-state index contributed by atoms with van der Waals surface area (Å²) in [4.78, 5) is 4.17. The Bertz CT molecular complexity index is 513. The van der Waals surface area contributed by atoms with Crippen molar-refractivity contribution >= 4 is 39.1 Å². The van der Waals surface area contributed by atoms with Crippen molar-refractivity contribution in [2.24, 2.45) is 0 Å². The van der Waals surface area contributed by atoms with Gasteiger partial charge in [-0.05, 0) is 24.3 Å². The average molecular weight is 333 g/mol. The van der Waals surface area contributed by atoms with Crippen molar-refractivity contribution in [3.63, 3.8) is 0 Å². The highest BCUT2D eigenvalue weighted by molar-refractivity contribution is 9.08. The first-order valence-corrected chi connectivity index (χ1v) is 6.70. The summed E-state index contributed by atoms with van der Waals surface area (Å²) >= 11 is 15.2. The van der Waals surface area contributed by atoms with E-state index in [9.17, 15) is 0 Å². The monoisotopic (exact) mass is 331 g/mol. The van der Waals surface area contributed by atoms with Crippen LogP contribution in [0.5, 0.6) is 11.6 Å². The predicted molar refractivity (Wildman–Crippen MR) is 73.4 cm³/mol. The zero-order valence-corrected chi connectivity index (χ0v) is 11.8. The van der Waals surface area contributed by atoms with E-state index in [2.05, 4.69) is 20.9 Å². The number of halogens is 3. The van der Waals surface area contributed by atoms with Crippen LogP contribution in [0.4, 0.5) is 0 Å². The van der Waals surface area contributed by atoms with Gasteiger partial charge < -0.3 is 4.74 Å². The number of ether oxygens (including phenoxy) is 1. The van der Waals surface area contributed by atoms with Crippen molar-refractivity contribution in [3.8, 4) is 11.6 Å². The SMILES string of the molecule is Clc1cc(Cl)cc(Oc2ncccc2CBr)c1. The molecular weight excluding hydrogens is 325 g/mol. The molecule has 5 heteroatoms. The molecule has 0 aliphatic carbocycles. The second-order valence-corrected chi connectivity index (χ2v) is 4.74. The molecule has 0 bridgehead atoms. The minimum absolute atomic E-state index is 0.531. The van der Waals surface area contributed by atoms with Crippen LogP contribution >= 0.6 is 39.1 Å². The molecule has 88 valence electrons. The maximum Gasteiger partial charge on any atom is 0.223 e. The highest BCUT2D eigenvalue weighted by atomic mass is 79.9. The molecule has 0 radical (unpaired) electrons. The van der Waals surface area contributed by atoms with E-state index in [1.807, 2.05) is 12.1 Å². The Balaban J connectivity index is 2.31. The zero-order valence-electron chi connectivity index (χ0n) is 8.66. The molecule has 1 heterocycles. The summed E-state index contributed by atoms with van der Waals surface area (Å²) in [5.41, 5.74) is 0.962. The van der Waals surface area contributed by atoms with Crippen LogP contribution < -0.4 is 4.74 Å². The van der Waals surface area contributed by atoms with Crippen LogP contribution in [-0.4, -0.2) is 4.98 Å². The molecule has 0 aliphatic rings. The summed E-state index contributed by atoms with van der Waals surface area (Å²) < 4.78 is 5.65. The third kappa shape index (κ3) is 3.35. The maximum absolute atomic E-state index is 5.90. The van der Waals surface area contributed by atoms with Gasteiger partial charge in [0.15, 0.2) is 0 Å². The number of pyridine rings is 1. The molecule has 0 saturated carbocycles. The lowest BCUT2D eigenvalue weighted by atomic mass is 10.3. The first kappa shape index (κ1) is 12.7. The number of hydrogen-bond donors (Lipinski definition) is 0. The molecule has 2 nitrogen and oxygen atoms in total. The van der Waals surface area contributed by atoms with Gasteiger partial charge in [0.25, 0.3) is 0 Å². The van der Waals surface area contributed by atoms with Crippen LogP contribution in [0.1, 0.15) is 5.56 Å². The van der Waals surface area contributed by atoms with E-state index in [0.29, 0.717) is 27.0 Å². The maximum atomic E-state index is 5.90. The molecule has 17 heavy (non-hydrogen) atoms. The summed E-state index contributed by atoms with van der Waals surface area (Å²) in [6.07, 6.45) is 1.67. The van der Waals surface area contributed by atoms with Gasteiger partial charge in [0.05, 0.1) is 0 Å². The second-order valence-electron chi connectivity index (χ2n) is 3.31. The smallest absolute Gasteiger partial charge is 0.223 e. The molecule has 1 aromatic carbocycles. The topological polar surface area (TPSA) is 22.1 Å². The van der Waals surface area contributed by atoms with Gasteiger partial charge in [-0.3, -0.25) is 0 Å². The zero-order chi connectivity index (χ0) is 12.3. The molecule has 0 aliphatic heterocycles. The summed E-state index contributed by atoms with van der Waals surface area (Å²) in [7, 11) is 0. The van der Waals surface area contributed by atoms with Crippen LogP contribution in [0.2, 0.25) is 10.0 Å². The van der Waals surface area contributed by atoms with Gasteiger partial charge >= 0.3 is 0 Å². The molecule has 2 aromatic rings. The number of hydrogen-bond acceptors (Lipinski definition) is 2. The Labute approximate surface area is 118 Å². The molecule has 0 amide bonds. The van der Waals surface area contributed by atoms with Gasteiger partial charge in [-0.2, -0.15) is 0 Å². The fraction of sp³-hybridized carbons (Fsp3) is 0.0833. The first-order valence-electron chi connectivity index (χ1n) is 4.83. The molecule has 0 unspecified atom stereocenters. The summed E-state index contributed by atoms with van der Waals surface area (Å²) in [5, 5.41) is 1.73. The Morgan fingerprint density at radius 3 is 2.53 bits per heavy atom. The average Bonchev–Trinajstić information content (AvgIpc) is 2.28. The van der Waals surface area contributed by atoms with Gasteiger partial charge in [-0.1, -0.05) is 45.2 Å². The summed E-state index contributed by atoms with van der Waals surface area (Å²) in [6, 6.07) is 8.83. The minimum Gasteiger partial charge on any atom is -0.439 e. The van der Waals surface area contributed by atoms with E-state index in [0.717, 1.165) is 5.56 Å². The Morgan fingerprint density at radius 2 is 1.88 bits per heavy atom. The van der Waals surface area contributed by atoms with Crippen molar-refractivity contribution in [1.82, 2.24) is 4.98 Å². The van der Waals surface area contributed by atoms with Gasteiger partial charge in [0.1, 0.15) is 5.75 Å². The third-order valence-corrected chi connectivity index (χ3v) is 3.09. The van der Waals surface area contributed by atoms with Crippen LogP contribution in [0, 0.1) is 0 Å².